The quantitative estimate of drug-likeness (QED) is 0.455. The van der Waals surface area contributed by atoms with Gasteiger partial charge in [-0.1, -0.05) is 22.6 Å². The van der Waals surface area contributed by atoms with Gasteiger partial charge >= 0.3 is 0 Å². The zero-order chi connectivity index (χ0) is 7.56. The molecular weight excluding hydrogens is 239 g/mol. The van der Waals surface area contributed by atoms with Gasteiger partial charge < -0.3 is 5.73 Å². The van der Waals surface area contributed by atoms with Crippen LogP contribution in [0.25, 0.3) is 0 Å². The van der Waals surface area contributed by atoms with Gasteiger partial charge in [-0.15, -0.1) is 0 Å². The summed E-state index contributed by atoms with van der Waals surface area (Å²) in [5.41, 5.74) is 5.62. The van der Waals surface area contributed by atoms with E-state index in [1.165, 1.54) is 19.4 Å². The normalized spacial score (nSPS) is 30.9. The maximum absolute atomic E-state index is 5.62. The Labute approximate surface area is 76.3 Å². The molecule has 2 N–H and O–H groups in total. The van der Waals surface area contributed by atoms with Gasteiger partial charge in [0.1, 0.15) is 0 Å². The molecule has 1 heterocycles. The molecule has 0 amide bonds. The van der Waals surface area contributed by atoms with Crippen molar-refractivity contribution in [2.45, 2.75) is 29.9 Å². The van der Waals surface area contributed by atoms with Crippen LogP contribution in [0.2, 0.25) is 0 Å². The SMILES string of the molecule is CC(I)N1CCCC1CN. The third kappa shape index (κ3) is 1.83. The van der Waals surface area contributed by atoms with Gasteiger partial charge in [0.2, 0.25) is 0 Å². The van der Waals surface area contributed by atoms with Crippen molar-refractivity contribution in [3.63, 3.8) is 0 Å². The number of alkyl halides is 1. The van der Waals surface area contributed by atoms with Crippen LogP contribution in [0.3, 0.4) is 0 Å². The molecular formula is C7H15IN2. The Bertz CT molecular complexity index is 106. The Kier molecular flexibility index (Phi) is 3.39. The molecule has 2 nitrogen and oxygen atoms in total. The molecule has 0 aromatic rings. The largest absolute Gasteiger partial charge is 0.329 e. The molecule has 0 aromatic carbocycles. The lowest BCUT2D eigenvalue weighted by Gasteiger charge is -2.25. The summed E-state index contributed by atoms with van der Waals surface area (Å²) in [5.74, 6) is 0. The van der Waals surface area contributed by atoms with Crippen LogP contribution < -0.4 is 5.73 Å². The van der Waals surface area contributed by atoms with Crippen LogP contribution in [0.4, 0.5) is 0 Å². The molecule has 1 aliphatic rings. The van der Waals surface area contributed by atoms with E-state index in [9.17, 15) is 0 Å². The highest BCUT2D eigenvalue weighted by atomic mass is 127. The van der Waals surface area contributed by atoms with Crippen molar-refractivity contribution < 1.29 is 0 Å². The van der Waals surface area contributed by atoms with Gasteiger partial charge in [-0.2, -0.15) is 0 Å². The van der Waals surface area contributed by atoms with Crippen molar-refractivity contribution in [1.29, 1.82) is 0 Å². The van der Waals surface area contributed by atoms with Crippen molar-refractivity contribution in [1.82, 2.24) is 4.90 Å². The highest BCUT2D eigenvalue weighted by Gasteiger charge is 2.25. The first-order valence-corrected chi connectivity index (χ1v) is 5.10. The fraction of sp³-hybridized carbons (Fsp3) is 1.00. The molecule has 0 bridgehead atoms. The maximum Gasteiger partial charge on any atom is 0.0592 e. The molecule has 1 fully saturated rings. The fourth-order valence-electron chi connectivity index (χ4n) is 1.58. The maximum atomic E-state index is 5.62. The monoisotopic (exact) mass is 254 g/mol. The van der Waals surface area contributed by atoms with E-state index in [1.54, 1.807) is 0 Å². The fourth-order valence-corrected chi connectivity index (χ4v) is 2.31. The lowest BCUT2D eigenvalue weighted by molar-refractivity contribution is 0.261. The molecule has 3 heteroatoms. The zero-order valence-corrected chi connectivity index (χ0v) is 8.54. The summed E-state index contributed by atoms with van der Waals surface area (Å²) in [6.45, 7) is 4.30. The van der Waals surface area contributed by atoms with E-state index >= 15 is 0 Å². The summed E-state index contributed by atoms with van der Waals surface area (Å²) >= 11 is 2.45. The molecule has 0 spiro atoms. The standard InChI is InChI=1S/C7H15IN2/c1-6(8)10-4-2-3-7(10)5-9/h6-7H,2-5,9H2,1H3. The second kappa shape index (κ2) is 3.88. The first-order chi connectivity index (χ1) is 4.75. The third-order valence-corrected chi connectivity index (χ3v) is 2.87. The lowest BCUT2D eigenvalue weighted by Crippen LogP contribution is -2.38. The predicted molar refractivity (Wildman–Crippen MR) is 52.3 cm³/mol. The first-order valence-electron chi connectivity index (χ1n) is 3.85. The molecule has 0 aliphatic carbocycles. The molecule has 0 saturated carbocycles. The molecule has 1 rings (SSSR count). The number of nitrogens with zero attached hydrogens (tertiary/aromatic N) is 1. The molecule has 2 unspecified atom stereocenters. The van der Waals surface area contributed by atoms with Gasteiger partial charge in [0.25, 0.3) is 0 Å². The van der Waals surface area contributed by atoms with E-state index in [1.807, 2.05) is 0 Å². The van der Waals surface area contributed by atoms with Gasteiger partial charge in [-0.25, -0.2) is 0 Å². The van der Waals surface area contributed by atoms with E-state index in [2.05, 4.69) is 34.4 Å². The Morgan fingerprint density at radius 2 is 2.50 bits per heavy atom. The van der Waals surface area contributed by atoms with E-state index in [0.29, 0.717) is 10.1 Å². The van der Waals surface area contributed by atoms with E-state index in [0.717, 1.165) is 6.54 Å². The Morgan fingerprint density at radius 3 is 2.90 bits per heavy atom. The Balaban J connectivity index is 2.42. The van der Waals surface area contributed by atoms with Crippen molar-refractivity contribution in [2.75, 3.05) is 13.1 Å². The smallest absolute Gasteiger partial charge is 0.0592 e. The number of hydrogen-bond donors (Lipinski definition) is 1. The molecule has 1 aliphatic heterocycles. The molecule has 0 radical (unpaired) electrons. The van der Waals surface area contributed by atoms with Crippen LogP contribution in [0.1, 0.15) is 19.8 Å². The van der Waals surface area contributed by atoms with E-state index < -0.39 is 0 Å². The second-order valence-corrected chi connectivity index (χ2v) is 4.65. The summed E-state index contributed by atoms with van der Waals surface area (Å²) in [4.78, 5) is 2.49. The first kappa shape index (κ1) is 8.74. The summed E-state index contributed by atoms with van der Waals surface area (Å²) < 4.78 is 0.647. The molecule has 2 atom stereocenters. The number of hydrogen-bond acceptors (Lipinski definition) is 2. The van der Waals surface area contributed by atoms with Crippen molar-refractivity contribution in [3.05, 3.63) is 0 Å². The number of likely N-dealkylation sites (tertiary alicyclic amines) is 1. The van der Waals surface area contributed by atoms with Crippen LogP contribution in [0.15, 0.2) is 0 Å². The Hall–Kier alpha value is 0.650. The number of rotatable bonds is 2. The number of nitrogens with two attached hydrogens (primary N) is 1. The van der Waals surface area contributed by atoms with Gasteiger partial charge in [0.15, 0.2) is 0 Å². The highest BCUT2D eigenvalue weighted by Crippen LogP contribution is 2.21. The molecule has 60 valence electrons. The average Bonchev–Trinajstić information content (AvgIpc) is 2.33. The molecule has 1 saturated heterocycles. The van der Waals surface area contributed by atoms with Crippen LogP contribution in [-0.4, -0.2) is 28.1 Å². The van der Waals surface area contributed by atoms with Crippen molar-refractivity contribution in [3.8, 4) is 0 Å². The molecule has 0 aromatic heterocycles. The van der Waals surface area contributed by atoms with Crippen LogP contribution in [-0.2, 0) is 0 Å². The number of halogens is 1. The predicted octanol–water partition coefficient (Wildman–Crippen LogP) is 1.19. The van der Waals surface area contributed by atoms with E-state index in [-0.39, 0.29) is 0 Å². The van der Waals surface area contributed by atoms with Crippen molar-refractivity contribution in [2.24, 2.45) is 5.73 Å². The topological polar surface area (TPSA) is 29.3 Å². The average molecular weight is 254 g/mol. The summed E-state index contributed by atoms with van der Waals surface area (Å²) in [6, 6.07) is 0.659. The summed E-state index contributed by atoms with van der Waals surface area (Å²) in [6.07, 6.45) is 2.62. The zero-order valence-electron chi connectivity index (χ0n) is 6.39. The minimum absolute atomic E-state index is 0.647. The van der Waals surface area contributed by atoms with Crippen LogP contribution in [0, 0.1) is 0 Å². The molecule has 10 heavy (non-hydrogen) atoms. The summed E-state index contributed by atoms with van der Waals surface area (Å²) in [7, 11) is 0. The van der Waals surface area contributed by atoms with E-state index in [4.69, 9.17) is 5.73 Å². The van der Waals surface area contributed by atoms with Gasteiger partial charge in [-0.3, -0.25) is 4.90 Å². The summed E-state index contributed by atoms with van der Waals surface area (Å²) in [5, 5.41) is 0. The van der Waals surface area contributed by atoms with Gasteiger partial charge in [0.05, 0.1) is 4.05 Å². The van der Waals surface area contributed by atoms with Crippen LogP contribution in [0.5, 0.6) is 0 Å². The van der Waals surface area contributed by atoms with Crippen molar-refractivity contribution >= 4 is 22.6 Å². The third-order valence-electron chi connectivity index (χ3n) is 2.15. The minimum Gasteiger partial charge on any atom is -0.329 e. The van der Waals surface area contributed by atoms with Gasteiger partial charge in [0, 0.05) is 12.6 Å². The second-order valence-electron chi connectivity index (χ2n) is 2.84. The van der Waals surface area contributed by atoms with Gasteiger partial charge in [-0.05, 0) is 26.3 Å². The Morgan fingerprint density at radius 1 is 1.80 bits per heavy atom. The lowest BCUT2D eigenvalue weighted by atomic mass is 10.2. The van der Waals surface area contributed by atoms with Crippen LogP contribution >= 0.6 is 22.6 Å². The highest BCUT2D eigenvalue weighted by molar-refractivity contribution is 14.1. The minimum atomic E-state index is 0.647.